The number of benzene rings is 1. The first kappa shape index (κ1) is 17.2. The predicted octanol–water partition coefficient (Wildman–Crippen LogP) is 2.72. The number of anilines is 1. The van der Waals surface area contributed by atoms with Crippen LogP contribution in [0, 0.1) is 21.4 Å². The first-order valence-electron chi connectivity index (χ1n) is 6.98. The second-order valence-corrected chi connectivity index (χ2v) is 4.59. The van der Waals surface area contributed by atoms with Crippen molar-refractivity contribution < 1.29 is 9.72 Å². The van der Waals surface area contributed by atoms with E-state index in [1.165, 1.54) is 30.5 Å². The standard InChI is InChI=1S/C15H18N4O3/c1-2-3-4-8-17-11-12(10-16)15(20)18-13-6-5-7-14(9-13)19(21)22/h5-7,9,11,17H,2-4,8H2,1H3,(H,18,20)/b12-11-. The number of non-ortho nitro benzene ring substituents is 1. The molecule has 7 nitrogen and oxygen atoms in total. The first-order valence-corrected chi connectivity index (χ1v) is 6.98. The Bertz CT molecular complexity index is 605. The number of nitro groups is 1. The normalized spacial score (nSPS) is 10.6. The van der Waals surface area contributed by atoms with E-state index in [2.05, 4.69) is 17.6 Å². The lowest BCUT2D eigenvalue weighted by atomic mass is 10.2. The van der Waals surface area contributed by atoms with E-state index in [1.54, 1.807) is 6.07 Å². The summed E-state index contributed by atoms with van der Waals surface area (Å²) in [6.45, 7) is 2.77. The molecular formula is C15H18N4O3. The molecule has 0 radical (unpaired) electrons. The van der Waals surface area contributed by atoms with Crippen molar-refractivity contribution in [3.8, 4) is 6.07 Å². The molecule has 0 aliphatic heterocycles. The summed E-state index contributed by atoms with van der Waals surface area (Å²) in [5.74, 6) is -0.606. The molecule has 116 valence electrons. The highest BCUT2D eigenvalue weighted by atomic mass is 16.6. The summed E-state index contributed by atoms with van der Waals surface area (Å²) < 4.78 is 0. The van der Waals surface area contributed by atoms with Gasteiger partial charge in [-0.1, -0.05) is 25.8 Å². The van der Waals surface area contributed by atoms with E-state index in [1.807, 2.05) is 0 Å². The van der Waals surface area contributed by atoms with Crippen LogP contribution in [0.25, 0.3) is 0 Å². The summed E-state index contributed by atoms with van der Waals surface area (Å²) in [6.07, 6.45) is 4.48. The highest BCUT2D eigenvalue weighted by Gasteiger charge is 2.11. The Balaban J connectivity index is 2.65. The van der Waals surface area contributed by atoms with Gasteiger partial charge in [-0.15, -0.1) is 0 Å². The lowest BCUT2D eigenvalue weighted by Gasteiger charge is -2.05. The van der Waals surface area contributed by atoms with Gasteiger partial charge in [-0.3, -0.25) is 14.9 Å². The Labute approximate surface area is 128 Å². The number of carbonyl (C=O) groups excluding carboxylic acids is 1. The van der Waals surface area contributed by atoms with Gasteiger partial charge in [0.25, 0.3) is 11.6 Å². The molecule has 0 saturated carbocycles. The van der Waals surface area contributed by atoms with Gasteiger partial charge < -0.3 is 10.6 Å². The third kappa shape index (κ3) is 5.63. The van der Waals surface area contributed by atoms with E-state index in [0.717, 1.165) is 19.3 Å². The van der Waals surface area contributed by atoms with Crippen LogP contribution in [0.15, 0.2) is 36.0 Å². The summed E-state index contributed by atoms with van der Waals surface area (Å²) in [6, 6.07) is 7.35. The summed E-state index contributed by atoms with van der Waals surface area (Å²) >= 11 is 0. The molecule has 0 spiro atoms. The Morgan fingerprint density at radius 1 is 1.45 bits per heavy atom. The minimum atomic E-state index is -0.606. The van der Waals surface area contributed by atoms with Gasteiger partial charge in [0.15, 0.2) is 0 Å². The largest absolute Gasteiger partial charge is 0.390 e. The Kier molecular flexibility index (Phi) is 7.13. The molecule has 0 unspecified atom stereocenters. The highest BCUT2D eigenvalue weighted by molar-refractivity contribution is 6.06. The topological polar surface area (TPSA) is 108 Å². The minimum absolute atomic E-state index is 0.0806. The van der Waals surface area contributed by atoms with E-state index in [-0.39, 0.29) is 16.9 Å². The molecule has 22 heavy (non-hydrogen) atoms. The zero-order valence-electron chi connectivity index (χ0n) is 12.3. The number of nitrogens with one attached hydrogen (secondary N) is 2. The van der Waals surface area contributed by atoms with Crippen molar-refractivity contribution in [2.45, 2.75) is 26.2 Å². The average molecular weight is 302 g/mol. The fourth-order valence-corrected chi connectivity index (χ4v) is 1.70. The van der Waals surface area contributed by atoms with E-state index in [0.29, 0.717) is 6.54 Å². The number of nitriles is 1. The molecule has 0 aliphatic carbocycles. The molecule has 0 aromatic heterocycles. The number of unbranched alkanes of at least 4 members (excludes halogenated alkanes) is 2. The fourth-order valence-electron chi connectivity index (χ4n) is 1.70. The van der Waals surface area contributed by atoms with Gasteiger partial charge in [-0.05, 0) is 12.5 Å². The average Bonchev–Trinajstić information content (AvgIpc) is 2.51. The SMILES string of the molecule is CCCCCN/C=C(/C#N)C(=O)Nc1cccc([N+](=O)[O-])c1. The summed E-state index contributed by atoms with van der Waals surface area (Å²) in [7, 11) is 0. The molecule has 0 bridgehead atoms. The molecule has 0 fully saturated rings. The number of carbonyl (C=O) groups is 1. The molecule has 1 aromatic carbocycles. The van der Waals surface area contributed by atoms with Crippen LogP contribution in [0.5, 0.6) is 0 Å². The summed E-state index contributed by atoms with van der Waals surface area (Å²) in [4.78, 5) is 22.1. The molecule has 0 atom stereocenters. The van der Waals surface area contributed by atoms with Crippen LogP contribution in [0.1, 0.15) is 26.2 Å². The van der Waals surface area contributed by atoms with Crippen LogP contribution in [-0.4, -0.2) is 17.4 Å². The van der Waals surface area contributed by atoms with Gasteiger partial charge in [0.05, 0.1) is 4.92 Å². The molecule has 2 N–H and O–H groups in total. The molecule has 0 saturated heterocycles. The lowest BCUT2D eigenvalue weighted by Crippen LogP contribution is -2.17. The van der Waals surface area contributed by atoms with Crippen molar-refractivity contribution in [3.05, 3.63) is 46.2 Å². The number of hydrogen-bond donors (Lipinski definition) is 2. The monoisotopic (exact) mass is 302 g/mol. The number of amides is 1. The summed E-state index contributed by atoms with van der Waals surface area (Å²) in [5.41, 5.74) is 0.0623. The van der Waals surface area contributed by atoms with E-state index < -0.39 is 10.8 Å². The maximum Gasteiger partial charge on any atom is 0.271 e. The molecule has 1 aromatic rings. The molecule has 0 aliphatic rings. The molecular weight excluding hydrogens is 284 g/mol. The van der Waals surface area contributed by atoms with Crippen molar-refractivity contribution in [1.82, 2.24) is 5.32 Å². The fraction of sp³-hybridized carbons (Fsp3) is 0.333. The zero-order valence-corrected chi connectivity index (χ0v) is 12.3. The van der Waals surface area contributed by atoms with Crippen LogP contribution < -0.4 is 10.6 Å². The number of rotatable bonds is 8. The van der Waals surface area contributed by atoms with Crippen molar-refractivity contribution in [2.24, 2.45) is 0 Å². The maximum absolute atomic E-state index is 11.9. The van der Waals surface area contributed by atoms with Crippen molar-refractivity contribution in [3.63, 3.8) is 0 Å². The number of nitro benzene ring substituents is 1. The lowest BCUT2D eigenvalue weighted by molar-refractivity contribution is -0.384. The second kappa shape index (κ2) is 9.13. The van der Waals surface area contributed by atoms with Gasteiger partial charge in [0, 0.05) is 30.6 Å². The van der Waals surface area contributed by atoms with Crippen LogP contribution in [0.4, 0.5) is 11.4 Å². The summed E-state index contributed by atoms with van der Waals surface area (Å²) in [5, 5.41) is 25.0. The van der Waals surface area contributed by atoms with Crippen LogP contribution in [-0.2, 0) is 4.79 Å². The van der Waals surface area contributed by atoms with E-state index in [4.69, 9.17) is 5.26 Å². The smallest absolute Gasteiger partial charge is 0.271 e. The molecule has 0 heterocycles. The zero-order chi connectivity index (χ0) is 16.4. The third-order valence-electron chi connectivity index (χ3n) is 2.85. The Morgan fingerprint density at radius 3 is 2.86 bits per heavy atom. The quantitative estimate of drug-likeness (QED) is 0.252. The second-order valence-electron chi connectivity index (χ2n) is 4.59. The Morgan fingerprint density at radius 2 is 2.23 bits per heavy atom. The van der Waals surface area contributed by atoms with Gasteiger partial charge in [-0.2, -0.15) is 5.26 Å². The van der Waals surface area contributed by atoms with Crippen molar-refractivity contribution in [1.29, 1.82) is 5.26 Å². The van der Waals surface area contributed by atoms with Gasteiger partial charge in [0.2, 0.25) is 0 Å². The van der Waals surface area contributed by atoms with E-state index in [9.17, 15) is 14.9 Å². The van der Waals surface area contributed by atoms with Gasteiger partial charge in [0.1, 0.15) is 11.6 Å². The van der Waals surface area contributed by atoms with Crippen LogP contribution in [0.2, 0.25) is 0 Å². The van der Waals surface area contributed by atoms with Gasteiger partial charge in [-0.25, -0.2) is 0 Å². The Hall–Kier alpha value is -2.88. The predicted molar refractivity (Wildman–Crippen MR) is 82.9 cm³/mol. The number of nitrogens with zero attached hydrogens (tertiary/aromatic N) is 2. The van der Waals surface area contributed by atoms with Crippen molar-refractivity contribution >= 4 is 17.3 Å². The first-order chi connectivity index (χ1) is 10.6. The number of hydrogen-bond acceptors (Lipinski definition) is 5. The molecule has 7 heteroatoms. The van der Waals surface area contributed by atoms with E-state index >= 15 is 0 Å². The molecule has 1 rings (SSSR count). The molecule has 1 amide bonds. The van der Waals surface area contributed by atoms with Crippen LogP contribution in [0.3, 0.4) is 0 Å². The maximum atomic E-state index is 11.9. The van der Waals surface area contributed by atoms with Crippen LogP contribution >= 0.6 is 0 Å². The minimum Gasteiger partial charge on any atom is -0.390 e. The highest BCUT2D eigenvalue weighted by Crippen LogP contribution is 2.17. The van der Waals surface area contributed by atoms with Gasteiger partial charge >= 0.3 is 0 Å². The third-order valence-corrected chi connectivity index (χ3v) is 2.85. The van der Waals surface area contributed by atoms with Crippen molar-refractivity contribution in [2.75, 3.05) is 11.9 Å².